The van der Waals surface area contributed by atoms with E-state index < -0.39 is 0 Å². The average molecular weight is 375 g/mol. The Kier molecular flexibility index (Phi) is 5.53. The van der Waals surface area contributed by atoms with Gasteiger partial charge in [0.15, 0.2) is 5.82 Å². The molecule has 5 nitrogen and oxygen atoms in total. The van der Waals surface area contributed by atoms with Crippen LogP contribution in [-0.4, -0.2) is 33.8 Å². The summed E-state index contributed by atoms with van der Waals surface area (Å²) in [6.07, 6.45) is 0. The highest BCUT2D eigenvalue weighted by Crippen LogP contribution is 2.30. The molecule has 0 bridgehead atoms. The predicted octanol–water partition coefficient (Wildman–Crippen LogP) is 4.36. The van der Waals surface area contributed by atoms with Crippen molar-refractivity contribution < 1.29 is 4.74 Å². The molecule has 0 aliphatic rings. The fraction of sp³-hybridized carbons (Fsp3) is 0.222. The summed E-state index contributed by atoms with van der Waals surface area (Å²) in [6.45, 7) is 1.42. The van der Waals surface area contributed by atoms with Crippen LogP contribution in [0.15, 0.2) is 48.5 Å². The van der Waals surface area contributed by atoms with Crippen molar-refractivity contribution in [1.29, 1.82) is 0 Å². The van der Waals surface area contributed by atoms with Gasteiger partial charge >= 0.3 is 0 Å². The van der Waals surface area contributed by atoms with E-state index in [1.54, 1.807) is 13.2 Å². The Morgan fingerprint density at radius 1 is 1.24 bits per heavy atom. The van der Waals surface area contributed by atoms with Crippen LogP contribution in [0.5, 0.6) is 5.75 Å². The van der Waals surface area contributed by atoms with Gasteiger partial charge in [0.2, 0.25) is 4.77 Å². The van der Waals surface area contributed by atoms with Gasteiger partial charge in [-0.1, -0.05) is 41.9 Å². The quantitative estimate of drug-likeness (QED) is 0.651. The van der Waals surface area contributed by atoms with Crippen LogP contribution in [0.2, 0.25) is 5.02 Å². The first-order valence-corrected chi connectivity index (χ1v) is 8.58. The van der Waals surface area contributed by atoms with Crippen LogP contribution in [-0.2, 0) is 13.2 Å². The molecule has 0 spiro atoms. The predicted molar refractivity (Wildman–Crippen MR) is 102 cm³/mol. The second-order valence-corrected chi connectivity index (χ2v) is 6.57. The minimum atomic E-state index is 0.483. The van der Waals surface area contributed by atoms with E-state index in [1.165, 1.54) is 5.56 Å². The first kappa shape index (κ1) is 17.7. The lowest BCUT2D eigenvalue weighted by Gasteiger charge is -2.16. The molecule has 0 unspecified atom stereocenters. The maximum absolute atomic E-state index is 6.11. The van der Waals surface area contributed by atoms with Crippen LogP contribution < -0.4 is 4.74 Å². The monoisotopic (exact) mass is 374 g/mol. The van der Waals surface area contributed by atoms with Gasteiger partial charge in [0, 0.05) is 11.6 Å². The normalized spacial score (nSPS) is 11.0. The number of methoxy groups -OCH3 is 1. The van der Waals surface area contributed by atoms with Gasteiger partial charge in [-0.05, 0) is 43.0 Å². The van der Waals surface area contributed by atoms with Gasteiger partial charge in [0.25, 0.3) is 0 Å². The summed E-state index contributed by atoms with van der Waals surface area (Å²) >= 11 is 11.5. The summed E-state index contributed by atoms with van der Waals surface area (Å²) in [5, 5.41) is 3.85. The maximum Gasteiger partial charge on any atom is 0.217 e. The summed E-state index contributed by atoms with van der Waals surface area (Å²) in [5.41, 5.74) is 2.03. The molecule has 2 aromatic carbocycles. The summed E-state index contributed by atoms with van der Waals surface area (Å²) in [7, 11) is 3.65. The molecule has 1 N–H and O–H groups in total. The summed E-state index contributed by atoms with van der Waals surface area (Å²) in [6, 6.07) is 15.7. The minimum absolute atomic E-state index is 0.483. The lowest BCUT2D eigenvalue weighted by molar-refractivity contribution is 0.244. The second kappa shape index (κ2) is 7.82. The van der Waals surface area contributed by atoms with Crippen LogP contribution in [0.3, 0.4) is 0 Å². The number of rotatable bonds is 6. The van der Waals surface area contributed by atoms with Crippen LogP contribution in [0.1, 0.15) is 5.56 Å². The standard InChI is InChI=1S/C18H19ClN4OS/c1-22(11-13-6-4-3-5-7-13)12-23-18(25)20-17(21-23)15-10-14(19)8-9-16(15)24-2/h3-10H,11-12H2,1-2H3,(H,20,21,25). The van der Waals surface area contributed by atoms with Crippen molar-refractivity contribution in [2.24, 2.45) is 0 Å². The number of hydrogen-bond donors (Lipinski definition) is 1. The average Bonchev–Trinajstić information content (AvgIpc) is 2.96. The number of hydrogen-bond acceptors (Lipinski definition) is 4. The Labute approximate surface area is 156 Å². The largest absolute Gasteiger partial charge is 0.496 e. The molecule has 0 aliphatic carbocycles. The third-order valence-corrected chi connectivity index (χ3v) is 4.32. The van der Waals surface area contributed by atoms with E-state index in [0.717, 1.165) is 12.1 Å². The van der Waals surface area contributed by atoms with Gasteiger partial charge in [0.05, 0.1) is 19.3 Å². The van der Waals surface area contributed by atoms with E-state index in [4.69, 9.17) is 28.6 Å². The Morgan fingerprint density at radius 3 is 2.72 bits per heavy atom. The highest BCUT2D eigenvalue weighted by molar-refractivity contribution is 7.71. The van der Waals surface area contributed by atoms with Gasteiger partial charge in [-0.15, -0.1) is 0 Å². The molecule has 130 valence electrons. The molecule has 7 heteroatoms. The van der Waals surface area contributed by atoms with Gasteiger partial charge in [0.1, 0.15) is 5.75 Å². The number of nitrogens with zero attached hydrogens (tertiary/aromatic N) is 3. The van der Waals surface area contributed by atoms with E-state index in [9.17, 15) is 0 Å². The van der Waals surface area contributed by atoms with Crippen molar-refractivity contribution in [3.63, 3.8) is 0 Å². The van der Waals surface area contributed by atoms with E-state index in [2.05, 4.69) is 27.1 Å². The van der Waals surface area contributed by atoms with Crippen molar-refractivity contribution in [2.75, 3.05) is 14.2 Å². The Hall–Kier alpha value is -2.15. The van der Waals surface area contributed by atoms with Gasteiger partial charge in [-0.2, -0.15) is 4.98 Å². The van der Waals surface area contributed by atoms with E-state index in [0.29, 0.717) is 28.0 Å². The number of aromatic nitrogens is 3. The Balaban J connectivity index is 1.81. The Morgan fingerprint density at radius 2 is 2.00 bits per heavy atom. The number of benzene rings is 2. The fourth-order valence-corrected chi connectivity index (χ4v) is 2.99. The third-order valence-electron chi connectivity index (χ3n) is 3.77. The lowest BCUT2D eigenvalue weighted by atomic mass is 10.2. The van der Waals surface area contributed by atoms with Gasteiger partial charge in [-0.25, -0.2) is 4.68 Å². The van der Waals surface area contributed by atoms with Crippen molar-refractivity contribution >= 4 is 23.8 Å². The SMILES string of the molecule is COc1ccc(Cl)cc1-c1nc(=S)n(CN(C)Cc2ccccc2)[nH]1. The van der Waals surface area contributed by atoms with Crippen molar-refractivity contribution in [3.8, 4) is 17.1 Å². The summed E-state index contributed by atoms with van der Waals surface area (Å²) in [4.78, 5) is 6.60. The topological polar surface area (TPSA) is 46.1 Å². The van der Waals surface area contributed by atoms with E-state index >= 15 is 0 Å². The summed E-state index contributed by atoms with van der Waals surface area (Å²) in [5.74, 6) is 1.33. The van der Waals surface area contributed by atoms with Crippen LogP contribution in [0.25, 0.3) is 11.4 Å². The molecule has 0 saturated heterocycles. The molecule has 3 rings (SSSR count). The molecule has 0 amide bonds. The zero-order valence-corrected chi connectivity index (χ0v) is 15.6. The zero-order valence-electron chi connectivity index (χ0n) is 14.1. The Bertz CT molecular complexity index is 907. The molecule has 1 aromatic heterocycles. The zero-order chi connectivity index (χ0) is 17.8. The van der Waals surface area contributed by atoms with Crippen LogP contribution in [0, 0.1) is 4.77 Å². The molecule has 0 atom stereocenters. The van der Waals surface area contributed by atoms with E-state index in [1.807, 2.05) is 42.1 Å². The number of H-pyrrole nitrogens is 1. The minimum Gasteiger partial charge on any atom is -0.496 e. The molecule has 25 heavy (non-hydrogen) atoms. The molecular formula is C18H19ClN4OS. The van der Waals surface area contributed by atoms with E-state index in [-0.39, 0.29) is 0 Å². The highest BCUT2D eigenvalue weighted by atomic mass is 35.5. The molecule has 0 aliphatic heterocycles. The van der Waals surface area contributed by atoms with Crippen LogP contribution in [0.4, 0.5) is 0 Å². The number of nitrogens with one attached hydrogen (secondary N) is 1. The molecule has 0 radical (unpaired) electrons. The van der Waals surface area contributed by atoms with Gasteiger partial charge < -0.3 is 4.74 Å². The smallest absolute Gasteiger partial charge is 0.217 e. The number of aromatic amines is 1. The molecule has 0 saturated carbocycles. The first-order chi connectivity index (χ1) is 12.1. The number of halogens is 1. The molecular weight excluding hydrogens is 356 g/mol. The molecule has 1 heterocycles. The van der Waals surface area contributed by atoms with Crippen LogP contribution >= 0.6 is 23.8 Å². The summed E-state index contributed by atoms with van der Waals surface area (Å²) < 4.78 is 7.70. The third kappa shape index (κ3) is 4.28. The highest BCUT2D eigenvalue weighted by Gasteiger charge is 2.12. The molecule has 3 aromatic rings. The van der Waals surface area contributed by atoms with Crippen molar-refractivity contribution in [2.45, 2.75) is 13.2 Å². The second-order valence-electron chi connectivity index (χ2n) is 5.77. The lowest BCUT2D eigenvalue weighted by Crippen LogP contribution is -2.22. The maximum atomic E-state index is 6.11. The first-order valence-electron chi connectivity index (χ1n) is 7.80. The van der Waals surface area contributed by atoms with Gasteiger partial charge in [-0.3, -0.25) is 10.00 Å². The molecule has 0 fully saturated rings. The van der Waals surface area contributed by atoms with Crippen molar-refractivity contribution in [1.82, 2.24) is 19.7 Å². The number of ether oxygens (including phenoxy) is 1. The van der Waals surface area contributed by atoms with Crippen molar-refractivity contribution in [3.05, 3.63) is 63.9 Å². The fourth-order valence-electron chi connectivity index (χ4n) is 2.62.